The van der Waals surface area contributed by atoms with E-state index in [9.17, 15) is 14.4 Å². The summed E-state index contributed by atoms with van der Waals surface area (Å²) in [5, 5.41) is 3.56. The number of para-hydroxylation sites is 2. The summed E-state index contributed by atoms with van der Waals surface area (Å²) in [6.07, 6.45) is 2.05. The van der Waals surface area contributed by atoms with E-state index in [2.05, 4.69) is 5.32 Å². The van der Waals surface area contributed by atoms with Crippen LogP contribution in [0, 0.1) is 5.92 Å². The predicted octanol–water partition coefficient (Wildman–Crippen LogP) is 6.59. The van der Waals surface area contributed by atoms with Gasteiger partial charge in [0, 0.05) is 33.1 Å². The average molecular weight is 575 g/mol. The van der Waals surface area contributed by atoms with Crippen molar-refractivity contribution in [3.05, 3.63) is 130 Å². The van der Waals surface area contributed by atoms with Crippen LogP contribution in [0.2, 0.25) is 5.02 Å². The van der Waals surface area contributed by atoms with Gasteiger partial charge in [-0.25, -0.2) is 0 Å². The molecule has 3 aliphatic rings. The zero-order chi connectivity index (χ0) is 29.2. The van der Waals surface area contributed by atoms with Crippen molar-refractivity contribution in [1.82, 2.24) is 0 Å². The number of rotatable bonds is 5. The minimum absolute atomic E-state index is 0.244. The molecule has 0 aliphatic carbocycles. The molecule has 3 heterocycles. The molecule has 42 heavy (non-hydrogen) atoms. The summed E-state index contributed by atoms with van der Waals surface area (Å²) in [6.45, 7) is 2.01. The van der Waals surface area contributed by atoms with E-state index in [1.165, 1.54) is 0 Å². The molecule has 7 heteroatoms. The molecule has 4 aromatic carbocycles. The summed E-state index contributed by atoms with van der Waals surface area (Å²) in [6, 6.07) is 27.3. The van der Waals surface area contributed by atoms with Crippen LogP contribution in [0.4, 0.5) is 11.4 Å². The normalized spacial score (nSPS) is 23.5. The molecule has 1 N–H and O–H groups in total. The number of Topliss-reactive ketones (excluding diaryl/α,β-unsaturated/α-hetero) is 2. The minimum Gasteiger partial charge on any atom is -0.497 e. The zero-order valence-electron chi connectivity index (χ0n) is 23.0. The van der Waals surface area contributed by atoms with E-state index in [0.29, 0.717) is 33.1 Å². The van der Waals surface area contributed by atoms with E-state index in [4.69, 9.17) is 16.3 Å². The predicted molar refractivity (Wildman–Crippen MR) is 163 cm³/mol. The van der Waals surface area contributed by atoms with E-state index in [-0.39, 0.29) is 17.5 Å². The number of allylic oxidation sites excluding steroid dienone is 1. The molecule has 208 valence electrons. The van der Waals surface area contributed by atoms with Crippen LogP contribution in [0.15, 0.2) is 103 Å². The number of fused-ring (bicyclic) bond motifs is 6. The summed E-state index contributed by atoms with van der Waals surface area (Å²) in [5.41, 5.74) is 3.58. The van der Waals surface area contributed by atoms with Crippen LogP contribution in [0.25, 0.3) is 5.57 Å². The summed E-state index contributed by atoms with van der Waals surface area (Å²) in [4.78, 5) is 46.0. The van der Waals surface area contributed by atoms with Crippen LogP contribution in [0.3, 0.4) is 0 Å². The molecule has 0 radical (unpaired) electrons. The zero-order valence-corrected chi connectivity index (χ0v) is 23.8. The highest BCUT2D eigenvalue weighted by atomic mass is 35.5. The standard InChI is InChI=1S/C35H27ClN2O4/c1-20-19-29-35(26-8-4-5-9-27(26)37-34(35)41)30(32(39)21-11-15-23(36)16-12-21)31(38(29)28-10-6-3-7-25(20)28)33(40)22-13-17-24(42-2)18-14-22/h3-19,29-31H,1-2H3,(H,37,41). The SMILES string of the molecule is COc1ccc(C(=O)C2C(C(=O)c3ccc(Cl)cc3)C3(C(=O)Nc4ccccc43)C3C=C(C)c4ccccc4N23)cc1. The van der Waals surface area contributed by atoms with Gasteiger partial charge in [0.2, 0.25) is 5.91 Å². The first-order valence-electron chi connectivity index (χ1n) is 13.8. The van der Waals surface area contributed by atoms with Crippen LogP contribution in [-0.4, -0.2) is 36.7 Å². The second-order valence-corrected chi connectivity index (χ2v) is 11.4. The Bertz CT molecular complexity index is 1800. The molecule has 6 nitrogen and oxygen atoms in total. The number of nitrogens with zero attached hydrogens (tertiary/aromatic N) is 1. The molecule has 4 unspecified atom stereocenters. The van der Waals surface area contributed by atoms with Crippen LogP contribution in [0.1, 0.15) is 38.8 Å². The summed E-state index contributed by atoms with van der Waals surface area (Å²) < 4.78 is 5.33. The number of carbonyl (C=O) groups is 3. The summed E-state index contributed by atoms with van der Waals surface area (Å²) in [5.74, 6) is -1.25. The molecule has 3 aliphatic heterocycles. The van der Waals surface area contributed by atoms with Crippen molar-refractivity contribution in [3.63, 3.8) is 0 Å². The highest BCUT2D eigenvalue weighted by molar-refractivity contribution is 6.30. The number of ketones is 2. The van der Waals surface area contributed by atoms with Crippen molar-refractivity contribution in [2.45, 2.75) is 24.4 Å². The number of nitrogens with one attached hydrogen (secondary N) is 1. The second-order valence-electron chi connectivity index (χ2n) is 11.0. The van der Waals surface area contributed by atoms with Gasteiger partial charge >= 0.3 is 0 Å². The smallest absolute Gasteiger partial charge is 0.238 e. The Morgan fingerprint density at radius 1 is 0.857 bits per heavy atom. The third-order valence-corrected chi connectivity index (χ3v) is 9.19. The van der Waals surface area contributed by atoms with Gasteiger partial charge in [-0.1, -0.05) is 54.1 Å². The molecule has 0 bridgehead atoms. The molecule has 0 saturated carbocycles. The number of amides is 1. The Balaban J connectivity index is 1.53. The first-order chi connectivity index (χ1) is 20.4. The van der Waals surface area contributed by atoms with Crippen LogP contribution >= 0.6 is 11.6 Å². The van der Waals surface area contributed by atoms with E-state index in [0.717, 1.165) is 16.8 Å². The largest absolute Gasteiger partial charge is 0.497 e. The van der Waals surface area contributed by atoms with Crippen LogP contribution in [0.5, 0.6) is 5.75 Å². The molecule has 1 spiro atoms. The van der Waals surface area contributed by atoms with E-state index in [1.54, 1.807) is 55.6 Å². The average Bonchev–Trinajstić information content (AvgIpc) is 3.49. The van der Waals surface area contributed by atoms with E-state index in [1.807, 2.05) is 66.4 Å². The Hall–Kier alpha value is -4.68. The van der Waals surface area contributed by atoms with Crippen molar-refractivity contribution in [3.8, 4) is 5.75 Å². The fourth-order valence-electron chi connectivity index (χ4n) is 7.11. The van der Waals surface area contributed by atoms with Crippen molar-refractivity contribution in [2.24, 2.45) is 5.92 Å². The second kappa shape index (κ2) is 9.71. The van der Waals surface area contributed by atoms with E-state index < -0.39 is 23.4 Å². The van der Waals surface area contributed by atoms with Gasteiger partial charge < -0.3 is 15.0 Å². The first-order valence-corrected chi connectivity index (χ1v) is 14.2. The number of hydrogen-bond acceptors (Lipinski definition) is 5. The Kier molecular flexibility index (Phi) is 6.06. The van der Waals surface area contributed by atoms with Crippen molar-refractivity contribution >= 4 is 46.0 Å². The maximum atomic E-state index is 14.8. The maximum Gasteiger partial charge on any atom is 0.238 e. The Morgan fingerprint density at radius 2 is 1.50 bits per heavy atom. The van der Waals surface area contributed by atoms with Crippen LogP contribution in [-0.2, 0) is 10.2 Å². The van der Waals surface area contributed by atoms with Crippen molar-refractivity contribution in [1.29, 1.82) is 0 Å². The molecular formula is C35H27ClN2O4. The minimum atomic E-state index is -1.37. The first kappa shape index (κ1) is 26.2. The van der Waals surface area contributed by atoms with Crippen molar-refractivity contribution in [2.75, 3.05) is 17.3 Å². The van der Waals surface area contributed by atoms with Gasteiger partial charge in [-0.15, -0.1) is 0 Å². The third kappa shape index (κ3) is 3.61. The maximum absolute atomic E-state index is 14.8. The van der Waals surface area contributed by atoms with E-state index >= 15 is 0 Å². The lowest BCUT2D eigenvalue weighted by molar-refractivity contribution is -0.121. The Morgan fingerprint density at radius 3 is 2.24 bits per heavy atom. The van der Waals surface area contributed by atoms with Crippen molar-refractivity contribution < 1.29 is 19.1 Å². The van der Waals surface area contributed by atoms with Gasteiger partial charge in [0.05, 0.1) is 19.1 Å². The van der Waals surface area contributed by atoms with Gasteiger partial charge in [-0.05, 0) is 78.7 Å². The monoisotopic (exact) mass is 574 g/mol. The molecule has 4 aromatic rings. The highest BCUT2D eigenvalue weighted by Crippen LogP contribution is 2.58. The quantitative estimate of drug-likeness (QED) is 0.272. The number of methoxy groups -OCH3 is 1. The molecule has 0 aromatic heterocycles. The molecule has 1 amide bonds. The van der Waals surface area contributed by atoms with Gasteiger partial charge in [0.1, 0.15) is 17.2 Å². The number of halogens is 1. The number of ether oxygens (including phenoxy) is 1. The number of carbonyl (C=O) groups excluding carboxylic acids is 3. The summed E-state index contributed by atoms with van der Waals surface area (Å²) in [7, 11) is 1.57. The lowest BCUT2D eigenvalue weighted by Gasteiger charge is -2.39. The molecule has 1 fully saturated rings. The topological polar surface area (TPSA) is 75.7 Å². The number of benzene rings is 4. The lowest BCUT2D eigenvalue weighted by Crippen LogP contribution is -2.51. The van der Waals surface area contributed by atoms with Gasteiger partial charge in [-0.3, -0.25) is 14.4 Å². The van der Waals surface area contributed by atoms with Gasteiger partial charge in [0.25, 0.3) is 0 Å². The number of anilines is 2. The summed E-state index contributed by atoms with van der Waals surface area (Å²) >= 11 is 6.19. The van der Waals surface area contributed by atoms with Gasteiger partial charge in [-0.2, -0.15) is 0 Å². The fraction of sp³-hybridized carbons (Fsp3) is 0.171. The Labute approximate surface area is 248 Å². The lowest BCUT2D eigenvalue weighted by atomic mass is 9.64. The highest BCUT2D eigenvalue weighted by Gasteiger charge is 2.70. The number of hydrogen-bond donors (Lipinski definition) is 1. The molecular weight excluding hydrogens is 548 g/mol. The molecule has 1 saturated heterocycles. The fourth-order valence-corrected chi connectivity index (χ4v) is 7.23. The molecule has 4 atom stereocenters. The molecule has 7 rings (SSSR count). The van der Waals surface area contributed by atoms with Gasteiger partial charge in [0.15, 0.2) is 11.6 Å². The third-order valence-electron chi connectivity index (χ3n) is 8.94. The van der Waals surface area contributed by atoms with Crippen LogP contribution < -0.4 is 15.0 Å².